The fourth-order valence-corrected chi connectivity index (χ4v) is 3.78. The summed E-state index contributed by atoms with van der Waals surface area (Å²) in [6.07, 6.45) is 3.28. The van der Waals surface area contributed by atoms with Gasteiger partial charge >= 0.3 is 0 Å². The van der Waals surface area contributed by atoms with E-state index in [0.29, 0.717) is 11.4 Å². The van der Waals surface area contributed by atoms with Crippen LogP contribution in [0.15, 0.2) is 67.0 Å². The highest BCUT2D eigenvalue weighted by atomic mass is 16.1. The Morgan fingerprint density at radius 3 is 2.43 bits per heavy atom. The molecule has 4 aromatic rings. The predicted molar refractivity (Wildman–Crippen MR) is 119 cm³/mol. The van der Waals surface area contributed by atoms with Gasteiger partial charge in [0.15, 0.2) is 5.69 Å². The van der Waals surface area contributed by atoms with Crippen molar-refractivity contribution in [3.63, 3.8) is 0 Å². The molecule has 0 radical (unpaired) electrons. The number of carbonyl (C=O) groups is 1. The molecule has 150 valence electrons. The maximum Gasteiger partial charge on any atom is 0.276 e. The first-order valence-corrected chi connectivity index (χ1v) is 10.0. The molecule has 1 fully saturated rings. The van der Waals surface area contributed by atoms with Crippen LogP contribution in [0.25, 0.3) is 22.0 Å². The molecule has 0 saturated carbocycles. The number of amides is 1. The number of nitrogens with one attached hydrogen (secondary N) is 3. The molecule has 0 bridgehead atoms. The minimum atomic E-state index is -0.251. The zero-order valence-electron chi connectivity index (χ0n) is 16.4. The van der Waals surface area contributed by atoms with Crippen molar-refractivity contribution in [1.29, 1.82) is 0 Å². The average molecular weight is 398 g/mol. The first kappa shape index (κ1) is 18.3. The van der Waals surface area contributed by atoms with Gasteiger partial charge in [-0.1, -0.05) is 18.2 Å². The lowest BCUT2D eigenvalue weighted by Gasteiger charge is -2.29. The Morgan fingerprint density at radius 1 is 0.933 bits per heavy atom. The number of aromatic amines is 1. The van der Waals surface area contributed by atoms with Crippen molar-refractivity contribution in [1.82, 2.24) is 20.5 Å². The maximum atomic E-state index is 12.7. The topological polar surface area (TPSA) is 85.9 Å². The molecule has 3 N–H and O–H groups in total. The standard InChI is InChI=1S/C23H22N6O/c30-23(26-18-7-9-24-10-8-18)22-20-15-17(3-6-21(20)27-28-22)16-1-4-19(5-2-16)29-13-11-25-12-14-29/h1-10,15,25H,11-14H2,(H,27,28)(H,24,26,30). The van der Waals surface area contributed by atoms with Crippen LogP contribution in [0.2, 0.25) is 0 Å². The number of H-pyrrole nitrogens is 1. The normalized spacial score (nSPS) is 14.1. The SMILES string of the molecule is O=C(Nc1ccncc1)c1n[nH]c2ccc(-c3ccc(N4CCNCC4)cc3)cc12. The quantitative estimate of drug-likeness (QED) is 0.491. The van der Waals surface area contributed by atoms with Crippen LogP contribution in [-0.2, 0) is 0 Å². The molecule has 2 aromatic carbocycles. The summed E-state index contributed by atoms with van der Waals surface area (Å²) in [6, 6.07) is 18.1. The highest BCUT2D eigenvalue weighted by molar-refractivity contribution is 6.11. The molecule has 1 saturated heterocycles. The van der Waals surface area contributed by atoms with Gasteiger partial charge in [0.05, 0.1) is 5.52 Å². The molecule has 1 aliphatic rings. The van der Waals surface area contributed by atoms with Crippen LogP contribution in [0.1, 0.15) is 10.5 Å². The van der Waals surface area contributed by atoms with E-state index in [2.05, 4.69) is 55.0 Å². The van der Waals surface area contributed by atoms with Gasteiger partial charge in [0.2, 0.25) is 0 Å². The van der Waals surface area contributed by atoms with Crippen molar-refractivity contribution in [3.8, 4) is 11.1 Å². The van der Waals surface area contributed by atoms with Crippen molar-refractivity contribution < 1.29 is 4.79 Å². The van der Waals surface area contributed by atoms with Gasteiger partial charge in [0.1, 0.15) is 0 Å². The number of carbonyl (C=O) groups excluding carboxylic acids is 1. The minimum absolute atomic E-state index is 0.251. The van der Waals surface area contributed by atoms with Gasteiger partial charge in [-0.2, -0.15) is 5.10 Å². The summed E-state index contributed by atoms with van der Waals surface area (Å²) in [5.74, 6) is -0.251. The monoisotopic (exact) mass is 398 g/mol. The number of pyridine rings is 1. The molecule has 0 atom stereocenters. The van der Waals surface area contributed by atoms with Crippen molar-refractivity contribution >= 4 is 28.2 Å². The van der Waals surface area contributed by atoms with Crippen LogP contribution in [0.5, 0.6) is 0 Å². The van der Waals surface area contributed by atoms with Gasteiger partial charge in [-0.15, -0.1) is 0 Å². The Kier molecular flexibility index (Phi) is 4.86. The molecule has 1 amide bonds. The summed E-state index contributed by atoms with van der Waals surface area (Å²) in [5.41, 5.74) is 5.29. The Bertz CT molecular complexity index is 1160. The van der Waals surface area contributed by atoms with Crippen LogP contribution >= 0.6 is 0 Å². The molecule has 3 heterocycles. The summed E-state index contributed by atoms with van der Waals surface area (Å²) in [6.45, 7) is 4.08. The van der Waals surface area contributed by atoms with Crippen LogP contribution in [0.4, 0.5) is 11.4 Å². The van der Waals surface area contributed by atoms with Crippen molar-refractivity contribution in [2.24, 2.45) is 0 Å². The number of rotatable bonds is 4. The Balaban J connectivity index is 1.42. The largest absolute Gasteiger partial charge is 0.369 e. The average Bonchev–Trinajstić information content (AvgIpc) is 3.24. The third kappa shape index (κ3) is 3.62. The van der Waals surface area contributed by atoms with E-state index in [1.807, 2.05) is 18.2 Å². The van der Waals surface area contributed by atoms with Gasteiger partial charge < -0.3 is 15.5 Å². The molecular weight excluding hydrogens is 376 g/mol. The number of benzene rings is 2. The number of aromatic nitrogens is 3. The predicted octanol–water partition coefficient (Wildman–Crippen LogP) is 3.29. The molecule has 1 aliphatic heterocycles. The van der Waals surface area contributed by atoms with Crippen LogP contribution in [0, 0.1) is 0 Å². The lowest BCUT2D eigenvalue weighted by molar-refractivity contribution is 0.102. The molecule has 0 unspecified atom stereocenters. The highest BCUT2D eigenvalue weighted by Gasteiger charge is 2.16. The van der Waals surface area contributed by atoms with Crippen molar-refractivity contribution in [3.05, 3.63) is 72.7 Å². The molecule has 0 aliphatic carbocycles. The number of nitrogens with zero attached hydrogens (tertiary/aromatic N) is 3. The zero-order valence-corrected chi connectivity index (χ0v) is 16.4. The molecule has 7 heteroatoms. The molecule has 30 heavy (non-hydrogen) atoms. The second kappa shape index (κ2) is 7.96. The van der Waals surface area contributed by atoms with E-state index in [-0.39, 0.29) is 5.91 Å². The van der Waals surface area contributed by atoms with Crippen molar-refractivity contribution in [2.45, 2.75) is 0 Å². The fraction of sp³-hybridized carbons (Fsp3) is 0.174. The molecule has 2 aromatic heterocycles. The van der Waals surface area contributed by atoms with E-state index in [4.69, 9.17) is 0 Å². The van der Waals surface area contributed by atoms with E-state index in [1.165, 1.54) is 5.69 Å². The lowest BCUT2D eigenvalue weighted by atomic mass is 10.0. The molecule has 7 nitrogen and oxygen atoms in total. The number of anilines is 2. The molecule has 5 rings (SSSR count). The van der Waals surface area contributed by atoms with E-state index in [1.54, 1.807) is 24.5 Å². The van der Waals surface area contributed by atoms with Gasteiger partial charge in [0.25, 0.3) is 5.91 Å². The second-order valence-electron chi connectivity index (χ2n) is 7.31. The summed E-state index contributed by atoms with van der Waals surface area (Å²) in [7, 11) is 0. The Morgan fingerprint density at radius 2 is 1.67 bits per heavy atom. The lowest BCUT2D eigenvalue weighted by Crippen LogP contribution is -2.43. The fourth-order valence-electron chi connectivity index (χ4n) is 3.78. The van der Waals surface area contributed by atoms with Crippen LogP contribution < -0.4 is 15.5 Å². The first-order chi connectivity index (χ1) is 14.8. The zero-order chi connectivity index (χ0) is 20.3. The van der Waals surface area contributed by atoms with Gasteiger partial charge in [-0.25, -0.2) is 0 Å². The van der Waals surface area contributed by atoms with E-state index in [9.17, 15) is 4.79 Å². The molecule has 0 spiro atoms. The van der Waals surface area contributed by atoms with Crippen molar-refractivity contribution in [2.75, 3.05) is 36.4 Å². The van der Waals surface area contributed by atoms with E-state index >= 15 is 0 Å². The van der Waals surface area contributed by atoms with Gasteiger partial charge in [-0.05, 0) is 47.5 Å². The maximum absolute atomic E-state index is 12.7. The Labute approximate surface area is 174 Å². The number of hydrogen-bond acceptors (Lipinski definition) is 5. The summed E-state index contributed by atoms with van der Waals surface area (Å²) in [5, 5.41) is 14.2. The Hall–Kier alpha value is -3.71. The highest BCUT2D eigenvalue weighted by Crippen LogP contribution is 2.28. The summed E-state index contributed by atoms with van der Waals surface area (Å²) < 4.78 is 0. The first-order valence-electron chi connectivity index (χ1n) is 10.0. The van der Waals surface area contributed by atoms with Crippen LogP contribution in [-0.4, -0.2) is 47.3 Å². The smallest absolute Gasteiger partial charge is 0.276 e. The number of piperazine rings is 1. The van der Waals surface area contributed by atoms with E-state index in [0.717, 1.165) is 48.2 Å². The second-order valence-corrected chi connectivity index (χ2v) is 7.31. The third-order valence-corrected chi connectivity index (χ3v) is 5.40. The number of hydrogen-bond donors (Lipinski definition) is 3. The minimum Gasteiger partial charge on any atom is -0.369 e. The van der Waals surface area contributed by atoms with Crippen LogP contribution in [0.3, 0.4) is 0 Å². The van der Waals surface area contributed by atoms with Gasteiger partial charge in [-0.3, -0.25) is 14.9 Å². The van der Waals surface area contributed by atoms with E-state index < -0.39 is 0 Å². The molecular formula is C23H22N6O. The third-order valence-electron chi connectivity index (χ3n) is 5.40. The summed E-state index contributed by atoms with van der Waals surface area (Å²) >= 11 is 0. The number of fused-ring (bicyclic) bond motifs is 1. The summed E-state index contributed by atoms with van der Waals surface area (Å²) in [4.78, 5) is 19.1. The van der Waals surface area contributed by atoms with Gasteiger partial charge in [0, 0.05) is 55.3 Å².